The molecule has 0 unspecified atom stereocenters. The van der Waals surface area contributed by atoms with Crippen LogP contribution in [0.2, 0.25) is 0 Å². The second-order valence-electron chi connectivity index (χ2n) is 7.83. The van der Waals surface area contributed by atoms with Crippen molar-refractivity contribution in [3.05, 3.63) is 35.4 Å². The van der Waals surface area contributed by atoms with E-state index in [-0.39, 0.29) is 5.41 Å². The zero-order valence-corrected chi connectivity index (χ0v) is 13.6. The minimum Gasteiger partial charge on any atom is -0.0627 e. The van der Waals surface area contributed by atoms with Gasteiger partial charge in [0.15, 0.2) is 0 Å². The lowest BCUT2D eigenvalue weighted by Crippen LogP contribution is -2.24. The molecule has 1 fully saturated rings. The van der Waals surface area contributed by atoms with Crippen molar-refractivity contribution in [1.29, 1.82) is 0 Å². The molecule has 1 aliphatic rings. The average Bonchev–Trinajstić information content (AvgIpc) is 3.09. The number of rotatable bonds is 5. The summed E-state index contributed by atoms with van der Waals surface area (Å²) in [6.45, 7) is 14.0. The molecule has 0 nitrogen and oxygen atoms in total. The quantitative estimate of drug-likeness (QED) is 0.635. The van der Waals surface area contributed by atoms with Crippen LogP contribution in [0.15, 0.2) is 24.3 Å². The maximum atomic E-state index is 2.40. The van der Waals surface area contributed by atoms with Gasteiger partial charge < -0.3 is 0 Å². The maximum Gasteiger partial charge on any atom is -0.00439 e. The van der Waals surface area contributed by atoms with E-state index in [1.54, 1.807) is 5.56 Å². The first-order valence-corrected chi connectivity index (χ1v) is 7.89. The molecular weight excluding hydrogens is 228 g/mol. The first-order valence-electron chi connectivity index (χ1n) is 7.89. The van der Waals surface area contributed by atoms with Gasteiger partial charge in [0, 0.05) is 0 Å². The van der Waals surface area contributed by atoms with E-state index in [0.717, 1.165) is 5.92 Å². The van der Waals surface area contributed by atoms with E-state index in [1.807, 2.05) is 0 Å². The summed E-state index contributed by atoms with van der Waals surface area (Å²) in [6, 6.07) is 9.54. The minimum absolute atomic E-state index is 0.271. The Balaban J connectivity index is 2.20. The van der Waals surface area contributed by atoms with Crippen molar-refractivity contribution in [1.82, 2.24) is 0 Å². The van der Waals surface area contributed by atoms with Crippen LogP contribution in [-0.4, -0.2) is 0 Å². The van der Waals surface area contributed by atoms with Crippen LogP contribution >= 0.6 is 0 Å². The van der Waals surface area contributed by atoms with Gasteiger partial charge in [-0.15, -0.1) is 0 Å². The van der Waals surface area contributed by atoms with Crippen molar-refractivity contribution >= 4 is 0 Å². The normalized spacial score (nSPS) is 18.1. The van der Waals surface area contributed by atoms with Gasteiger partial charge in [-0.3, -0.25) is 0 Å². The van der Waals surface area contributed by atoms with Gasteiger partial charge in [0.1, 0.15) is 0 Å². The summed E-state index contributed by atoms with van der Waals surface area (Å²) in [5.74, 6) is 1.47. The van der Waals surface area contributed by atoms with Crippen LogP contribution in [0.4, 0.5) is 0 Å². The van der Waals surface area contributed by atoms with Gasteiger partial charge in [-0.2, -0.15) is 0 Å². The molecule has 0 amide bonds. The van der Waals surface area contributed by atoms with Gasteiger partial charge in [-0.25, -0.2) is 0 Å². The molecule has 1 aromatic carbocycles. The lowest BCUT2D eigenvalue weighted by Gasteiger charge is -2.30. The van der Waals surface area contributed by atoms with Crippen LogP contribution in [0, 0.1) is 11.8 Å². The zero-order valence-electron chi connectivity index (χ0n) is 13.6. The van der Waals surface area contributed by atoms with Crippen LogP contribution in [0.25, 0.3) is 0 Å². The van der Waals surface area contributed by atoms with Crippen LogP contribution in [0.3, 0.4) is 0 Å². The first-order chi connectivity index (χ1) is 8.78. The second-order valence-corrected chi connectivity index (χ2v) is 7.83. The molecule has 0 atom stereocenters. The minimum atomic E-state index is 0.271. The monoisotopic (exact) mass is 258 g/mol. The van der Waals surface area contributed by atoms with E-state index in [0.29, 0.717) is 11.3 Å². The fourth-order valence-electron chi connectivity index (χ4n) is 3.13. The predicted molar refractivity (Wildman–Crippen MR) is 84.7 cm³/mol. The molecule has 1 aromatic rings. The van der Waals surface area contributed by atoms with Gasteiger partial charge in [0.2, 0.25) is 0 Å². The molecule has 0 bridgehead atoms. The summed E-state index contributed by atoms with van der Waals surface area (Å²) in [6.07, 6.45) is 4.12. The van der Waals surface area contributed by atoms with Crippen molar-refractivity contribution in [2.45, 2.75) is 71.6 Å². The molecule has 0 radical (unpaired) electrons. The zero-order chi connectivity index (χ0) is 14.3. The highest BCUT2D eigenvalue weighted by molar-refractivity contribution is 5.36. The van der Waals surface area contributed by atoms with Gasteiger partial charge in [-0.1, -0.05) is 65.8 Å². The summed E-state index contributed by atoms with van der Waals surface area (Å²) in [5.41, 5.74) is 3.85. The van der Waals surface area contributed by atoms with E-state index >= 15 is 0 Å². The van der Waals surface area contributed by atoms with E-state index in [4.69, 9.17) is 0 Å². The van der Waals surface area contributed by atoms with Crippen molar-refractivity contribution < 1.29 is 0 Å². The van der Waals surface area contributed by atoms with E-state index in [9.17, 15) is 0 Å². The smallest absolute Gasteiger partial charge is 0.00439 e. The first kappa shape index (κ1) is 14.6. The van der Waals surface area contributed by atoms with Crippen molar-refractivity contribution in [3.8, 4) is 0 Å². The highest BCUT2D eigenvalue weighted by Crippen LogP contribution is 2.52. The molecule has 0 N–H and O–H groups in total. The Morgan fingerprint density at radius 3 is 1.89 bits per heavy atom. The van der Waals surface area contributed by atoms with Gasteiger partial charge in [0.25, 0.3) is 0 Å². The predicted octanol–water partition coefficient (Wildman–Crippen LogP) is 5.70. The summed E-state index contributed by atoms with van der Waals surface area (Å²) < 4.78 is 0. The number of hydrogen-bond donors (Lipinski definition) is 0. The Labute approximate surface area is 119 Å². The molecule has 0 aromatic heterocycles. The Morgan fingerprint density at radius 1 is 1.00 bits per heavy atom. The molecule has 0 heterocycles. The molecule has 2 rings (SSSR count). The summed E-state index contributed by atoms with van der Waals surface area (Å²) in [4.78, 5) is 0. The topological polar surface area (TPSA) is 0 Å². The Bertz CT molecular complexity index is 416. The standard InChI is InChI=1S/C19H30/c1-14(2)13-19(11-12-19)17-9-7-16(8-10-17)18(5,6)15(3)4/h7-10,14-15H,11-13H2,1-6H3. The highest BCUT2D eigenvalue weighted by Gasteiger charge is 2.44. The fourth-order valence-corrected chi connectivity index (χ4v) is 3.13. The molecule has 1 aliphatic carbocycles. The van der Waals surface area contributed by atoms with Crippen LogP contribution in [0.1, 0.15) is 71.9 Å². The third-order valence-electron chi connectivity index (χ3n) is 5.34. The molecule has 0 spiro atoms. The third kappa shape index (κ3) is 2.88. The second kappa shape index (κ2) is 4.96. The largest absolute Gasteiger partial charge is 0.0627 e. The lowest BCUT2D eigenvalue weighted by molar-refractivity contribution is 0.372. The van der Waals surface area contributed by atoms with Crippen LogP contribution < -0.4 is 0 Å². The maximum absolute atomic E-state index is 2.40. The Kier molecular flexibility index (Phi) is 3.82. The molecule has 1 saturated carbocycles. The van der Waals surface area contributed by atoms with Gasteiger partial charge in [0.05, 0.1) is 0 Å². The highest BCUT2D eigenvalue weighted by atomic mass is 14.5. The number of hydrogen-bond acceptors (Lipinski definition) is 0. The fraction of sp³-hybridized carbons (Fsp3) is 0.684. The number of benzene rings is 1. The van der Waals surface area contributed by atoms with Crippen molar-refractivity contribution in [2.75, 3.05) is 0 Å². The Morgan fingerprint density at radius 2 is 1.53 bits per heavy atom. The summed E-state index contributed by atoms with van der Waals surface area (Å²) in [5, 5.41) is 0. The Hall–Kier alpha value is -0.780. The molecule has 0 saturated heterocycles. The molecule has 19 heavy (non-hydrogen) atoms. The van der Waals surface area contributed by atoms with Crippen LogP contribution in [0.5, 0.6) is 0 Å². The average molecular weight is 258 g/mol. The SMILES string of the molecule is CC(C)CC1(c2ccc(C(C)(C)C(C)C)cc2)CC1. The van der Waals surface area contributed by atoms with E-state index in [2.05, 4.69) is 65.8 Å². The lowest BCUT2D eigenvalue weighted by atomic mass is 9.74. The molecule has 0 aliphatic heterocycles. The molecule has 0 heteroatoms. The molecule has 106 valence electrons. The van der Waals surface area contributed by atoms with Crippen molar-refractivity contribution in [3.63, 3.8) is 0 Å². The summed E-state index contributed by atoms with van der Waals surface area (Å²) >= 11 is 0. The van der Waals surface area contributed by atoms with Crippen molar-refractivity contribution in [2.24, 2.45) is 11.8 Å². The van der Waals surface area contributed by atoms with E-state index in [1.165, 1.54) is 24.8 Å². The van der Waals surface area contributed by atoms with E-state index < -0.39 is 0 Å². The third-order valence-corrected chi connectivity index (χ3v) is 5.34. The van der Waals surface area contributed by atoms with Gasteiger partial charge >= 0.3 is 0 Å². The molecular formula is C19H30. The summed E-state index contributed by atoms with van der Waals surface area (Å²) in [7, 11) is 0. The van der Waals surface area contributed by atoms with Gasteiger partial charge in [-0.05, 0) is 53.1 Å². The van der Waals surface area contributed by atoms with Crippen LogP contribution in [-0.2, 0) is 10.8 Å².